The number of nitriles is 1. The number of carbonyl (C=O) groups is 2. The van der Waals surface area contributed by atoms with Crippen molar-refractivity contribution in [2.24, 2.45) is 0 Å². The van der Waals surface area contributed by atoms with Crippen molar-refractivity contribution in [3.05, 3.63) is 34.6 Å². The minimum atomic E-state index is -0.839. The standard InChI is InChI=1S/C10H6FNO3/c1-15-10(14)6-2-3-9(11)8(5-13)7(6)4-12/h2-3,5H,1H3. The number of hydrogen-bond acceptors (Lipinski definition) is 4. The zero-order valence-electron chi connectivity index (χ0n) is 7.78. The number of aldehydes is 1. The molecule has 15 heavy (non-hydrogen) atoms. The summed E-state index contributed by atoms with van der Waals surface area (Å²) in [6.45, 7) is 0. The number of hydrogen-bond donors (Lipinski definition) is 0. The molecule has 0 bridgehead atoms. The van der Waals surface area contributed by atoms with Gasteiger partial charge in [-0.25, -0.2) is 9.18 Å². The molecular formula is C10H6FNO3. The average molecular weight is 207 g/mol. The molecule has 1 aromatic rings. The molecule has 0 heterocycles. The quantitative estimate of drug-likeness (QED) is 0.541. The minimum absolute atomic E-state index is 0.122. The summed E-state index contributed by atoms with van der Waals surface area (Å²) in [4.78, 5) is 21.7. The molecule has 5 heteroatoms. The van der Waals surface area contributed by atoms with Crippen molar-refractivity contribution in [1.29, 1.82) is 5.26 Å². The fraction of sp³-hybridized carbons (Fsp3) is 0.100. The van der Waals surface area contributed by atoms with Crippen LogP contribution in [0, 0.1) is 17.1 Å². The summed E-state index contributed by atoms with van der Waals surface area (Å²) in [7, 11) is 1.13. The molecule has 76 valence electrons. The van der Waals surface area contributed by atoms with Crippen molar-refractivity contribution in [3.8, 4) is 6.07 Å². The first kappa shape index (κ1) is 10.9. The van der Waals surface area contributed by atoms with E-state index in [1.54, 1.807) is 6.07 Å². The topological polar surface area (TPSA) is 67.2 Å². The molecule has 0 aliphatic rings. The predicted molar refractivity (Wildman–Crippen MR) is 47.8 cm³/mol. The lowest BCUT2D eigenvalue weighted by atomic mass is 10.0. The Morgan fingerprint density at radius 1 is 1.60 bits per heavy atom. The second-order valence-electron chi connectivity index (χ2n) is 2.60. The maximum atomic E-state index is 13.1. The molecule has 0 N–H and O–H groups in total. The number of nitrogens with zero attached hydrogens (tertiary/aromatic N) is 1. The first-order chi connectivity index (χ1) is 7.15. The molecule has 0 saturated carbocycles. The van der Waals surface area contributed by atoms with Gasteiger partial charge in [-0.1, -0.05) is 0 Å². The molecule has 1 aromatic carbocycles. The van der Waals surface area contributed by atoms with Crippen LogP contribution < -0.4 is 0 Å². The van der Waals surface area contributed by atoms with Gasteiger partial charge in [-0.2, -0.15) is 5.26 Å². The molecule has 0 aromatic heterocycles. The highest BCUT2D eigenvalue weighted by atomic mass is 19.1. The van der Waals surface area contributed by atoms with Crippen LogP contribution in [0.5, 0.6) is 0 Å². The zero-order chi connectivity index (χ0) is 11.4. The van der Waals surface area contributed by atoms with Crippen molar-refractivity contribution < 1.29 is 18.7 Å². The molecule has 0 spiro atoms. The second kappa shape index (κ2) is 4.33. The first-order valence-corrected chi connectivity index (χ1v) is 3.91. The Balaban J connectivity index is 3.50. The van der Waals surface area contributed by atoms with E-state index in [2.05, 4.69) is 4.74 Å². The van der Waals surface area contributed by atoms with Gasteiger partial charge in [0.1, 0.15) is 11.9 Å². The number of carbonyl (C=O) groups excluding carboxylic acids is 2. The monoisotopic (exact) mass is 207 g/mol. The van der Waals surface area contributed by atoms with Gasteiger partial charge in [0.25, 0.3) is 0 Å². The second-order valence-corrected chi connectivity index (χ2v) is 2.60. The number of benzene rings is 1. The van der Waals surface area contributed by atoms with Gasteiger partial charge in [0, 0.05) is 0 Å². The van der Waals surface area contributed by atoms with Gasteiger partial charge in [-0.05, 0) is 12.1 Å². The summed E-state index contributed by atoms with van der Waals surface area (Å²) in [5.74, 6) is -1.62. The van der Waals surface area contributed by atoms with E-state index in [1.807, 2.05) is 0 Å². The Morgan fingerprint density at radius 2 is 2.27 bits per heavy atom. The van der Waals surface area contributed by atoms with Crippen LogP contribution in [0.3, 0.4) is 0 Å². The summed E-state index contributed by atoms with van der Waals surface area (Å²) >= 11 is 0. The molecular weight excluding hydrogens is 201 g/mol. The van der Waals surface area contributed by atoms with E-state index in [9.17, 15) is 14.0 Å². The van der Waals surface area contributed by atoms with Gasteiger partial charge < -0.3 is 4.74 Å². The smallest absolute Gasteiger partial charge is 0.339 e. The number of esters is 1. The Bertz CT molecular complexity index is 462. The molecule has 0 unspecified atom stereocenters. The van der Waals surface area contributed by atoms with Crippen LogP contribution in [-0.2, 0) is 4.74 Å². The highest BCUT2D eigenvalue weighted by molar-refractivity contribution is 5.95. The van der Waals surface area contributed by atoms with E-state index in [0.717, 1.165) is 19.2 Å². The van der Waals surface area contributed by atoms with Gasteiger partial charge >= 0.3 is 5.97 Å². The number of methoxy groups -OCH3 is 1. The molecule has 0 saturated heterocycles. The average Bonchev–Trinajstić information content (AvgIpc) is 2.27. The van der Waals surface area contributed by atoms with Crippen LogP contribution in [0.2, 0.25) is 0 Å². The van der Waals surface area contributed by atoms with E-state index >= 15 is 0 Å². The van der Waals surface area contributed by atoms with Crippen LogP contribution in [0.1, 0.15) is 26.3 Å². The van der Waals surface area contributed by atoms with Gasteiger partial charge in [0.2, 0.25) is 0 Å². The summed E-state index contributed by atoms with van der Waals surface area (Å²) in [5.41, 5.74) is -0.860. The van der Waals surface area contributed by atoms with Gasteiger partial charge in [0.15, 0.2) is 6.29 Å². The number of ether oxygens (including phenoxy) is 1. The van der Waals surface area contributed by atoms with E-state index in [1.165, 1.54) is 0 Å². The lowest BCUT2D eigenvalue weighted by Crippen LogP contribution is -2.07. The van der Waals surface area contributed by atoms with Crippen molar-refractivity contribution in [2.45, 2.75) is 0 Å². The summed E-state index contributed by atoms with van der Waals surface area (Å²) in [6, 6.07) is 3.64. The molecule has 0 fully saturated rings. The fourth-order valence-electron chi connectivity index (χ4n) is 1.11. The van der Waals surface area contributed by atoms with Crippen molar-refractivity contribution in [2.75, 3.05) is 7.11 Å². The van der Waals surface area contributed by atoms with E-state index < -0.39 is 17.3 Å². The fourth-order valence-corrected chi connectivity index (χ4v) is 1.11. The van der Waals surface area contributed by atoms with Crippen molar-refractivity contribution in [1.82, 2.24) is 0 Å². The molecule has 0 amide bonds. The Hall–Kier alpha value is -2.22. The van der Waals surface area contributed by atoms with E-state index in [0.29, 0.717) is 0 Å². The van der Waals surface area contributed by atoms with Crippen molar-refractivity contribution >= 4 is 12.3 Å². The van der Waals surface area contributed by atoms with Gasteiger partial charge in [-0.15, -0.1) is 0 Å². The van der Waals surface area contributed by atoms with Crippen LogP contribution in [0.25, 0.3) is 0 Å². The van der Waals surface area contributed by atoms with E-state index in [-0.39, 0.29) is 17.4 Å². The highest BCUT2D eigenvalue weighted by Crippen LogP contribution is 2.16. The molecule has 0 radical (unpaired) electrons. The molecule has 0 aliphatic heterocycles. The Kier molecular flexibility index (Phi) is 3.13. The van der Waals surface area contributed by atoms with E-state index in [4.69, 9.17) is 5.26 Å². The third-order valence-corrected chi connectivity index (χ3v) is 1.83. The largest absolute Gasteiger partial charge is 0.465 e. The lowest BCUT2D eigenvalue weighted by molar-refractivity contribution is 0.0600. The molecule has 4 nitrogen and oxygen atoms in total. The maximum Gasteiger partial charge on any atom is 0.339 e. The number of halogens is 1. The van der Waals surface area contributed by atoms with Crippen LogP contribution in [0.4, 0.5) is 4.39 Å². The summed E-state index contributed by atoms with van der Waals surface area (Å²) in [6.07, 6.45) is 0.195. The zero-order valence-corrected chi connectivity index (χ0v) is 7.78. The lowest BCUT2D eigenvalue weighted by Gasteiger charge is -2.04. The van der Waals surface area contributed by atoms with Crippen molar-refractivity contribution in [3.63, 3.8) is 0 Å². The maximum absolute atomic E-state index is 13.1. The third-order valence-electron chi connectivity index (χ3n) is 1.83. The highest BCUT2D eigenvalue weighted by Gasteiger charge is 2.18. The van der Waals surface area contributed by atoms with Crippen LogP contribution in [0.15, 0.2) is 12.1 Å². The first-order valence-electron chi connectivity index (χ1n) is 3.91. The molecule has 0 atom stereocenters. The third kappa shape index (κ3) is 1.83. The normalized spacial score (nSPS) is 9.13. The number of rotatable bonds is 2. The van der Waals surface area contributed by atoms with Crippen LogP contribution in [-0.4, -0.2) is 19.4 Å². The van der Waals surface area contributed by atoms with Gasteiger partial charge in [0.05, 0.1) is 23.8 Å². The Morgan fingerprint density at radius 3 is 2.73 bits per heavy atom. The SMILES string of the molecule is COC(=O)c1ccc(F)c(C=O)c1C#N. The predicted octanol–water partition coefficient (Wildman–Crippen LogP) is 1.30. The van der Waals surface area contributed by atoms with Crippen LogP contribution >= 0.6 is 0 Å². The van der Waals surface area contributed by atoms with Gasteiger partial charge in [-0.3, -0.25) is 4.79 Å². The minimum Gasteiger partial charge on any atom is -0.465 e. The molecule has 0 aliphatic carbocycles. The Labute approximate surface area is 84.9 Å². The summed E-state index contributed by atoms with van der Waals surface area (Å²) in [5, 5.41) is 8.72. The molecule has 1 rings (SSSR count). The summed E-state index contributed by atoms with van der Waals surface area (Å²) < 4.78 is 17.4.